The molecule has 0 spiro atoms. The predicted octanol–water partition coefficient (Wildman–Crippen LogP) is 0.892. The van der Waals surface area contributed by atoms with E-state index in [4.69, 9.17) is 11.5 Å². The number of nitrogens with two attached hydrogens (primary N) is 2. The van der Waals surface area contributed by atoms with Gasteiger partial charge in [0.25, 0.3) is 5.91 Å². The highest BCUT2D eigenvalue weighted by Crippen LogP contribution is 2.24. The van der Waals surface area contributed by atoms with E-state index in [0.717, 1.165) is 6.54 Å². The molecule has 0 aliphatic heterocycles. The van der Waals surface area contributed by atoms with Gasteiger partial charge in [-0.15, -0.1) is 0 Å². The number of hydrogen-bond donors (Lipinski definition) is 3. The van der Waals surface area contributed by atoms with E-state index in [0.29, 0.717) is 15.9 Å². The fourth-order valence-electron chi connectivity index (χ4n) is 0.876. The summed E-state index contributed by atoms with van der Waals surface area (Å²) in [5, 5.41) is 3.72. The lowest BCUT2D eigenvalue weighted by atomic mass is 10.2. The van der Waals surface area contributed by atoms with E-state index in [2.05, 4.69) is 24.1 Å². The standard InChI is InChI=1S/C8H14N4OS/c1-4(2)3-11-8-12-6(9)5(14-8)7(10)13/h4H,3,9H2,1-2H3,(H2,10,13)(H,11,12). The number of primary amides is 1. The second kappa shape index (κ2) is 4.28. The predicted molar refractivity (Wildman–Crippen MR) is 58.4 cm³/mol. The molecule has 0 bridgehead atoms. The van der Waals surface area contributed by atoms with Crippen molar-refractivity contribution in [2.24, 2.45) is 11.7 Å². The zero-order valence-electron chi connectivity index (χ0n) is 8.20. The third-order valence-electron chi connectivity index (χ3n) is 1.54. The van der Waals surface area contributed by atoms with Crippen LogP contribution in [-0.4, -0.2) is 17.4 Å². The first-order valence-electron chi connectivity index (χ1n) is 4.30. The molecule has 1 rings (SSSR count). The van der Waals surface area contributed by atoms with E-state index in [1.807, 2.05) is 0 Å². The zero-order chi connectivity index (χ0) is 10.7. The number of carbonyl (C=O) groups is 1. The number of nitrogen functional groups attached to an aromatic ring is 1. The van der Waals surface area contributed by atoms with Crippen molar-refractivity contribution in [1.29, 1.82) is 0 Å². The maximum absolute atomic E-state index is 10.9. The molecule has 0 radical (unpaired) electrons. The molecule has 0 aromatic carbocycles. The van der Waals surface area contributed by atoms with Crippen LogP contribution in [-0.2, 0) is 0 Å². The van der Waals surface area contributed by atoms with Gasteiger partial charge in [-0.05, 0) is 5.92 Å². The van der Waals surface area contributed by atoms with E-state index in [1.165, 1.54) is 11.3 Å². The van der Waals surface area contributed by atoms with Crippen molar-refractivity contribution in [2.45, 2.75) is 13.8 Å². The Kier molecular flexibility index (Phi) is 3.29. The van der Waals surface area contributed by atoms with E-state index in [9.17, 15) is 4.79 Å². The molecule has 0 saturated heterocycles. The SMILES string of the molecule is CC(C)CNc1nc(N)c(C(N)=O)s1. The highest BCUT2D eigenvalue weighted by atomic mass is 32.1. The summed E-state index contributed by atoms with van der Waals surface area (Å²) in [5.74, 6) is 0.184. The normalized spacial score (nSPS) is 10.5. The van der Waals surface area contributed by atoms with Crippen LogP contribution < -0.4 is 16.8 Å². The molecule has 0 aliphatic rings. The Balaban J connectivity index is 2.71. The summed E-state index contributed by atoms with van der Waals surface area (Å²) >= 11 is 1.19. The Bertz CT molecular complexity index is 334. The van der Waals surface area contributed by atoms with Gasteiger partial charge in [-0.25, -0.2) is 4.98 Å². The first kappa shape index (κ1) is 10.8. The van der Waals surface area contributed by atoms with Gasteiger partial charge in [0, 0.05) is 6.54 Å². The number of amides is 1. The molecular weight excluding hydrogens is 200 g/mol. The number of carbonyl (C=O) groups excluding carboxylic acids is 1. The van der Waals surface area contributed by atoms with Crippen LogP contribution in [0.1, 0.15) is 23.5 Å². The molecule has 14 heavy (non-hydrogen) atoms. The van der Waals surface area contributed by atoms with Gasteiger partial charge in [0.1, 0.15) is 10.7 Å². The molecule has 1 aromatic heterocycles. The second-order valence-corrected chi connectivity index (χ2v) is 4.37. The van der Waals surface area contributed by atoms with Crippen molar-refractivity contribution in [2.75, 3.05) is 17.6 Å². The fourth-order valence-corrected chi connectivity index (χ4v) is 1.62. The minimum atomic E-state index is -0.530. The fraction of sp³-hybridized carbons (Fsp3) is 0.500. The number of thiazole rings is 1. The van der Waals surface area contributed by atoms with Crippen LogP contribution in [0.25, 0.3) is 0 Å². The number of nitrogens with one attached hydrogen (secondary N) is 1. The molecule has 1 amide bonds. The number of aromatic nitrogens is 1. The van der Waals surface area contributed by atoms with Crippen molar-refractivity contribution < 1.29 is 4.79 Å². The summed E-state index contributed by atoms with van der Waals surface area (Å²) in [4.78, 5) is 15.2. The van der Waals surface area contributed by atoms with Crippen molar-refractivity contribution in [3.8, 4) is 0 Å². The average Bonchev–Trinajstić information content (AvgIpc) is 2.43. The summed E-state index contributed by atoms with van der Waals surface area (Å²) in [7, 11) is 0. The van der Waals surface area contributed by atoms with Gasteiger partial charge in [0.2, 0.25) is 0 Å². The quantitative estimate of drug-likeness (QED) is 0.693. The minimum absolute atomic E-state index is 0.203. The molecule has 0 unspecified atom stereocenters. The van der Waals surface area contributed by atoms with Gasteiger partial charge >= 0.3 is 0 Å². The van der Waals surface area contributed by atoms with E-state index < -0.39 is 5.91 Å². The lowest BCUT2D eigenvalue weighted by Gasteiger charge is -2.03. The molecule has 1 heterocycles. The molecule has 6 heteroatoms. The smallest absolute Gasteiger partial charge is 0.262 e. The van der Waals surface area contributed by atoms with E-state index in [-0.39, 0.29) is 5.82 Å². The molecule has 1 aromatic rings. The Labute approximate surface area is 86.5 Å². The summed E-state index contributed by atoms with van der Waals surface area (Å²) < 4.78 is 0. The summed E-state index contributed by atoms with van der Waals surface area (Å²) in [5.41, 5.74) is 10.6. The summed E-state index contributed by atoms with van der Waals surface area (Å²) in [6, 6.07) is 0. The Morgan fingerprint density at radius 2 is 2.29 bits per heavy atom. The van der Waals surface area contributed by atoms with Crippen molar-refractivity contribution in [3.05, 3.63) is 4.88 Å². The Morgan fingerprint density at radius 3 is 2.71 bits per heavy atom. The zero-order valence-corrected chi connectivity index (χ0v) is 9.02. The van der Waals surface area contributed by atoms with Crippen LogP contribution >= 0.6 is 11.3 Å². The lowest BCUT2D eigenvalue weighted by Crippen LogP contribution is -2.10. The number of anilines is 2. The van der Waals surface area contributed by atoms with Gasteiger partial charge in [0.05, 0.1) is 0 Å². The second-order valence-electron chi connectivity index (χ2n) is 3.37. The first-order valence-corrected chi connectivity index (χ1v) is 5.12. The molecule has 0 fully saturated rings. The topological polar surface area (TPSA) is 94.0 Å². The van der Waals surface area contributed by atoms with Crippen molar-refractivity contribution in [1.82, 2.24) is 4.98 Å². The first-order chi connectivity index (χ1) is 6.50. The Hall–Kier alpha value is -1.30. The van der Waals surface area contributed by atoms with Crippen molar-refractivity contribution in [3.63, 3.8) is 0 Å². The number of nitrogens with zero attached hydrogens (tertiary/aromatic N) is 1. The molecule has 78 valence electrons. The number of rotatable bonds is 4. The largest absolute Gasteiger partial charge is 0.382 e. The van der Waals surface area contributed by atoms with Gasteiger partial charge in [-0.3, -0.25) is 4.79 Å². The molecular formula is C8H14N4OS. The van der Waals surface area contributed by atoms with Gasteiger partial charge in [-0.1, -0.05) is 25.2 Å². The lowest BCUT2D eigenvalue weighted by molar-refractivity contribution is 0.100. The minimum Gasteiger partial charge on any atom is -0.382 e. The average molecular weight is 214 g/mol. The van der Waals surface area contributed by atoms with Crippen LogP contribution in [0.2, 0.25) is 0 Å². The maximum Gasteiger partial charge on any atom is 0.262 e. The van der Waals surface area contributed by atoms with Crippen LogP contribution in [0.3, 0.4) is 0 Å². The van der Waals surface area contributed by atoms with Crippen LogP contribution in [0.5, 0.6) is 0 Å². The van der Waals surface area contributed by atoms with Crippen molar-refractivity contribution >= 4 is 28.2 Å². The molecule has 5 N–H and O–H groups in total. The monoisotopic (exact) mass is 214 g/mol. The third-order valence-corrected chi connectivity index (χ3v) is 2.58. The third kappa shape index (κ3) is 2.59. The van der Waals surface area contributed by atoms with Gasteiger partial charge in [0.15, 0.2) is 5.13 Å². The highest BCUT2D eigenvalue weighted by Gasteiger charge is 2.12. The molecule has 0 saturated carbocycles. The van der Waals surface area contributed by atoms with Crippen LogP contribution in [0, 0.1) is 5.92 Å². The summed E-state index contributed by atoms with van der Waals surface area (Å²) in [6.07, 6.45) is 0. The highest BCUT2D eigenvalue weighted by molar-refractivity contribution is 7.18. The van der Waals surface area contributed by atoms with E-state index >= 15 is 0 Å². The van der Waals surface area contributed by atoms with Gasteiger partial charge < -0.3 is 16.8 Å². The Morgan fingerprint density at radius 1 is 1.64 bits per heavy atom. The van der Waals surface area contributed by atoms with Gasteiger partial charge in [-0.2, -0.15) is 0 Å². The van der Waals surface area contributed by atoms with Crippen LogP contribution in [0.4, 0.5) is 10.9 Å². The number of hydrogen-bond acceptors (Lipinski definition) is 5. The molecule has 0 atom stereocenters. The molecule has 0 aliphatic carbocycles. The maximum atomic E-state index is 10.9. The molecule has 5 nitrogen and oxygen atoms in total. The summed E-state index contributed by atoms with van der Waals surface area (Å²) in [6.45, 7) is 4.96. The van der Waals surface area contributed by atoms with Crippen LogP contribution in [0.15, 0.2) is 0 Å². The van der Waals surface area contributed by atoms with E-state index in [1.54, 1.807) is 0 Å².